The highest BCUT2D eigenvalue weighted by atomic mass is 32.1. The maximum absolute atomic E-state index is 12.5. The van der Waals surface area contributed by atoms with Gasteiger partial charge in [0, 0.05) is 18.5 Å². The van der Waals surface area contributed by atoms with Crippen molar-refractivity contribution in [2.24, 2.45) is 0 Å². The van der Waals surface area contributed by atoms with Crippen molar-refractivity contribution in [3.63, 3.8) is 0 Å². The molecule has 0 spiro atoms. The minimum absolute atomic E-state index is 0.0205. The molecule has 1 aromatic carbocycles. The van der Waals surface area contributed by atoms with Crippen molar-refractivity contribution in [1.29, 1.82) is 0 Å². The number of aliphatic hydroxyl groups is 1. The monoisotopic (exact) mass is 346 g/mol. The van der Waals surface area contributed by atoms with Crippen molar-refractivity contribution in [3.05, 3.63) is 45.9 Å². The molecule has 3 N–H and O–H groups in total. The molecule has 0 aliphatic heterocycles. The standard InChI is InChI=1S/C15H17F3N2O2S/c1-9(10-2-4-11(21)5-3-10)6-19-7-13(22)12-8-23-14(20-12)15(16,17)18/h2-5,8-9,13,19,21-22H,6-7H2,1H3. The first-order valence-electron chi connectivity index (χ1n) is 6.97. The van der Waals surface area contributed by atoms with Crippen LogP contribution >= 0.6 is 11.3 Å². The molecule has 0 radical (unpaired) electrons. The number of phenolic OH excluding ortho intramolecular Hbond substituents is 1. The van der Waals surface area contributed by atoms with Gasteiger partial charge in [0.25, 0.3) is 0 Å². The minimum atomic E-state index is -4.48. The highest BCUT2D eigenvalue weighted by Gasteiger charge is 2.35. The first-order chi connectivity index (χ1) is 10.8. The Labute approximate surface area is 135 Å². The van der Waals surface area contributed by atoms with E-state index in [4.69, 9.17) is 0 Å². The largest absolute Gasteiger partial charge is 0.508 e. The summed E-state index contributed by atoms with van der Waals surface area (Å²) in [5, 5.41) is 22.4. The number of halogens is 3. The minimum Gasteiger partial charge on any atom is -0.508 e. The molecule has 1 aromatic heterocycles. The van der Waals surface area contributed by atoms with E-state index in [-0.39, 0.29) is 23.9 Å². The Hall–Kier alpha value is -1.64. The summed E-state index contributed by atoms with van der Waals surface area (Å²) in [4.78, 5) is 3.42. The van der Waals surface area contributed by atoms with Gasteiger partial charge in [0.05, 0.1) is 5.69 Å². The third-order valence-electron chi connectivity index (χ3n) is 3.36. The SMILES string of the molecule is CC(CNCC(O)c1csc(C(F)(F)F)n1)c1ccc(O)cc1. The van der Waals surface area contributed by atoms with Crippen molar-refractivity contribution < 1.29 is 23.4 Å². The number of nitrogens with zero attached hydrogens (tertiary/aromatic N) is 1. The summed E-state index contributed by atoms with van der Waals surface area (Å²) >= 11 is 0.475. The summed E-state index contributed by atoms with van der Waals surface area (Å²) in [5.74, 6) is 0.317. The lowest BCUT2D eigenvalue weighted by Crippen LogP contribution is -2.25. The molecular weight excluding hydrogens is 329 g/mol. The number of aromatic hydroxyl groups is 1. The topological polar surface area (TPSA) is 65.4 Å². The van der Waals surface area contributed by atoms with Gasteiger partial charge in [-0.2, -0.15) is 13.2 Å². The number of benzene rings is 1. The first kappa shape index (κ1) is 17.7. The molecule has 2 unspecified atom stereocenters. The zero-order valence-electron chi connectivity index (χ0n) is 12.3. The van der Waals surface area contributed by atoms with Crippen LogP contribution in [0.25, 0.3) is 0 Å². The summed E-state index contributed by atoms with van der Waals surface area (Å²) in [5.41, 5.74) is 1.03. The number of alkyl halides is 3. The lowest BCUT2D eigenvalue weighted by atomic mass is 10.0. The summed E-state index contributed by atoms with van der Waals surface area (Å²) in [6.45, 7) is 2.62. The van der Waals surface area contributed by atoms with E-state index >= 15 is 0 Å². The third kappa shape index (κ3) is 4.92. The van der Waals surface area contributed by atoms with Crippen LogP contribution in [0.15, 0.2) is 29.6 Å². The smallest absolute Gasteiger partial charge is 0.443 e. The Morgan fingerprint density at radius 1 is 1.22 bits per heavy atom. The van der Waals surface area contributed by atoms with E-state index in [2.05, 4.69) is 10.3 Å². The van der Waals surface area contributed by atoms with Gasteiger partial charge < -0.3 is 15.5 Å². The van der Waals surface area contributed by atoms with Gasteiger partial charge in [-0.15, -0.1) is 11.3 Å². The molecule has 2 aromatic rings. The Bertz CT molecular complexity index is 628. The van der Waals surface area contributed by atoms with Crippen LogP contribution in [0.4, 0.5) is 13.2 Å². The highest BCUT2D eigenvalue weighted by molar-refractivity contribution is 7.09. The maximum atomic E-state index is 12.5. The molecule has 2 atom stereocenters. The quantitative estimate of drug-likeness (QED) is 0.751. The Morgan fingerprint density at radius 2 is 1.87 bits per heavy atom. The second-order valence-electron chi connectivity index (χ2n) is 5.24. The van der Waals surface area contributed by atoms with Crippen LogP contribution in [-0.4, -0.2) is 28.3 Å². The number of aromatic nitrogens is 1. The van der Waals surface area contributed by atoms with E-state index in [0.29, 0.717) is 17.9 Å². The van der Waals surface area contributed by atoms with Gasteiger partial charge in [0.15, 0.2) is 5.01 Å². The summed E-state index contributed by atoms with van der Waals surface area (Å²) in [6.07, 6.45) is -5.57. The number of thiazole rings is 1. The fourth-order valence-electron chi connectivity index (χ4n) is 2.03. The van der Waals surface area contributed by atoms with Crippen LogP contribution in [0.5, 0.6) is 5.75 Å². The third-order valence-corrected chi connectivity index (χ3v) is 4.26. The number of nitrogens with one attached hydrogen (secondary N) is 1. The average molecular weight is 346 g/mol. The molecule has 0 saturated heterocycles. The average Bonchev–Trinajstić information content (AvgIpc) is 2.97. The molecule has 0 bridgehead atoms. The predicted octanol–water partition coefficient (Wildman–Crippen LogP) is 3.29. The number of phenols is 1. The van der Waals surface area contributed by atoms with Gasteiger partial charge in [-0.3, -0.25) is 0 Å². The van der Waals surface area contributed by atoms with Crippen LogP contribution < -0.4 is 5.32 Å². The summed E-state index contributed by atoms with van der Waals surface area (Å²) in [6, 6.07) is 6.78. The molecule has 126 valence electrons. The van der Waals surface area contributed by atoms with E-state index in [1.165, 1.54) is 5.38 Å². The van der Waals surface area contributed by atoms with E-state index in [0.717, 1.165) is 5.56 Å². The Morgan fingerprint density at radius 3 is 2.43 bits per heavy atom. The Kier molecular flexibility index (Phi) is 5.61. The predicted molar refractivity (Wildman–Crippen MR) is 81.5 cm³/mol. The first-order valence-corrected chi connectivity index (χ1v) is 7.85. The van der Waals surface area contributed by atoms with Crippen LogP contribution in [0, 0.1) is 0 Å². The van der Waals surface area contributed by atoms with Gasteiger partial charge in [0.1, 0.15) is 11.9 Å². The van der Waals surface area contributed by atoms with Crippen LogP contribution in [-0.2, 0) is 6.18 Å². The second-order valence-corrected chi connectivity index (χ2v) is 6.10. The number of rotatable bonds is 6. The van der Waals surface area contributed by atoms with Gasteiger partial charge in [0.2, 0.25) is 0 Å². The number of hydrogen-bond acceptors (Lipinski definition) is 5. The van der Waals surface area contributed by atoms with Gasteiger partial charge in [-0.1, -0.05) is 19.1 Å². The van der Waals surface area contributed by atoms with Crippen LogP contribution in [0.2, 0.25) is 0 Å². The fraction of sp³-hybridized carbons (Fsp3) is 0.400. The van der Waals surface area contributed by atoms with Crippen LogP contribution in [0.3, 0.4) is 0 Å². The molecule has 2 rings (SSSR count). The lowest BCUT2D eigenvalue weighted by molar-refractivity contribution is -0.137. The molecule has 1 heterocycles. The normalized spacial score (nSPS) is 14.7. The molecule has 0 saturated carbocycles. The van der Waals surface area contributed by atoms with Crippen LogP contribution in [0.1, 0.15) is 35.2 Å². The van der Waals surface area contributed by atoms with Gasteiger partial charge >= 0.3 is 6.18 Å². The van der Waals surface area contributed by atoms with Crippen molar-refractivity contribution in [2.45, 2.75) is 25.1 Å². The molecule has 8 heteroatoms. The number of hydrogen-bond donors (Lipinski definition) is 3. The van der Waals surface area contributed by atoms with Gasteiger partial charge in [-0.05, 0) is 23.6 Å². The lowest BCUT2D eigenvalue weighted by Gasteiger charge is -2.15. The second kappa shape index (κ2) is 7.29. The van der Waals surface area contributed by atoms with Crippen molar-refractivity contribution in [3.8, 4) is 5.75 Å². The number of aliphatic hydroxyl groups excluding tert-OH is 1. The maximum Gasteiger partial charge on any atom is 0.443 e. The van der Waals surface area contributed by atoms with E-state index < -0.39 is 17.3 Å². The highest BCUT2D eigenvalue weighted by Crippen LogP contribution is 2.32. The van der Waals surface area contributed by atoms with E-state index in [1.54, 1.807) is 24.3 Å². The van der Waals surface area contributed by atoms with E-state index in [9.17, 15) is 23.4 Å². The molecule has 4 nitrogen and oxygen atoms in total. The molecular formula is C15H17F3N2O2S. The molecule has 23 heavy (non-hydrogen) atoms. The summed E-state index contributed by atoms with van der Waals surface area (Å²) in [7, 11) is 0. The Balaban J connectivity index is 1.83. The molecule has 0 aliphatic carbocycles. The fourth-order valence-corrected chi connectivity index (χ4v) is 2.77. The molecule has 0 amide bonds. The zero-order valence-corrected chi connectivity index (χ0v) is 13.2. The van der Waals surface area contributed by atoms with Crippen molar-refractivity contribution >= 4 is 11.3 Å². The summed E-state index contributed by atoms with van der Waals surface area (Å²) < 4.78 is 37.4. The molecule has 0 fully saturated rings. The van der Waals surface area contributed by atoms with Crippen molar-refractivity contribution in [2.75, 3.05) is 13.1 Å². The molecule has 0 aliphatic rings. The van der Waals surface area contributed by atoms with Crippen molar-refractivity contribution in [1.82, 2.24) is 10.3 Å². The zero-order chi connectivity index (χ0) is 17.0. The van der Waals surface area contributed by atoms with Gasteiger partial charge in [-0.25, -0.2) is 4.98 Å². The van der Waals surface area contributed by atoms with E-state index in [1.807, 2.05) is 6.92 Å².